The molecule has 1 fully saturated rings. The van der Waals surface area contributed by atoms with Crippen molar-refractivity contribution >= 4 is 19.6 Å². The molecule has 6 nitrogen and oxygen atoms in total. The number of carboxylic acids is 2. The van der Waals surface area contributed by atoms with Crippen molar-refractivity contribution in [1.29, 1.82) is 0 Å². The van der Waals surface area contributed by atoms with E-state index in [2.05, 4.69) is 9.31 Å². The first-order valence-corrected chi connectivity index (χ1v) is 2.81. The first kappa shape index (κ1) is 8.03. The number of hydrogen-bond donors (Lipinski definition) is 2. The number of carboxylic acid groups (broad SMARTS) is 2. The van der Waals surface area contributed by atoms with Gasteiger partial charge in [0.2, 0.25) is 0 Å². The summed E-state index contributed by atoms with van der Waals surface area (Å²) in [4.78, 5) is 20.5. The van der Waals surface area contributed by atoms with Crippen molar-refractivity contribution in [3.63, 3.8) is 0 Å². The summed E-state index contributed by atoms with van der Waals surface area (Å²) in [6.07, 6.45) is -2.76. The van der Waals surface area contributed by atoms with Crippen LogP contribution in [0.4, 0.5) is 0 Å². The third kappa shape index (κ3) is 1.49. The molecule has 60 valence electrons. The monoisotopic (exact) mass is 160 g/mol. The van der Waals surface area contributed by atoms with Crippen molar-refractivity contribution in [1.82, 2.24) is 0 Å². The Balaban J connectivity index is 2.65. The number of rotatable bonds is 2. The van der Waals surface area contributed by atoms with Gasteiger partial charge in [0, 0.05) is 0 Å². The maximum absolute atomic E-state index is 10.2. The molecule has 1 saturated heterocycles. The van der Waals surface area contributed by atoms with E-state index in [1.54, 1.807) is 0 Å². The van der Waals surface area contributed by atoms with E-state index in [4.69, 9.17) is 10.2 Å². The van der Waals surface area contributed by atoms with Gasteiger partial charge in [-0.1, -0.05) is 0 Å². The molecule has 7 heteroatoms. The van der Waals surface area contributed by atoms with Gasteiger partial charge in [-0.05, 0) is 0 Å². The molecule has 1 heterocycles. The predicted molar refractivity (Wildman–Crippen MR) is 32.2 cm³/mol. The van der Waals surface area contributed by atoms with Gasteiger partial charge in [-0.3, -0.25) is 0 Å². The minimum absolute atomic E-state index is 0.284. The molecule has 0 aromatic carbocycles. The molecular formula is C4H5BO6. The molecule has 11 heavy (non-hydrogen) atoms. The second-order valence-electron chi connectivity index (χ2n) is 1.97. The van der Waals surface area contributed by atoms with Crippen LogP contribution in [0.2, 0.25) is 0 Å². The average Bonchev–Trinajstić information content (AvgIpc) is 2.32. The lowest BCUT2D eigenvalue weighted by atomic mass is 10.2. The van der Waals surface area contributed by atoms with Crippen LogP contribution in [0.5, 0.6) is 0 Å². The van der Waals surface area contributed by atoms with Crippen molar-refractivity contribution in [3.05, 3.63) is 0 Å². The molecule has 0 aromatic rings. The highest BCUT2D eigenvalue weighted by Crippen LogP contribution is 2.11. The van der Waals surface area contributed by atoms with Gasteiger partial charge < -0.3 is 19.5 Å². The molecule has 0 aliphatic carbocycles. The summed E-state index contributed by atoms with van der Waals surface area (Å²) >= 11 is 0. The van der Waals surface area contributed by atoms with E-state index in [1.165, 1.54) is 0 Å². The minimum atomic E-state index is -1.38. The van der Waals surface area contributed by atoms with Crippen molar-refractivity contribution in [2.45, 2.75) is 12.2 Å². The van der Waals surface area contributed by atoms with E-state index in [0.717, 1.165) is 0 Å². The van der Waals surface area contributed by atoms with E-state index < -0.39 is 24.1 Å². The first-order valence-electron chi connectivity index (χ1n) is 2.81. The Morgan fingerprint density at radius 3 is 1.73 bits per heavy atom. The lowest BCUT2D eigenvalue weighted by molar-refractivity contribution is -0.156. The zero-order chi connectivity index (χ0) is 8.43. The molecule has 0 aromatic heterocycles. The molecule has 0 bridgehead atoms. The summed E-state index contributed by atoms with van der Waals surface area (Å²) in [7, 11) is -0.284. The van der Waals surface area contributed by atoms with Crippen LogP contribution >= 0.6 is 0 Å². The summed E-state index contributed by atoms with van der Waals surface area (Å²) in [6.45, 7) is 0. The third-order valence-electron chi connectivity index (χ3n) is 1.26. The van der Waals surface area contributed by atoms with Crippen LogP contribution in [-0.2, 0) is 18.9 Å². The van der Waals surface area contributed by atoms with Crippen LogP contribution in [0.3, 0.4) is 0 Å². The average molecular weight is 160 g/mol. The SMILES string of the molecule is O=C(O)[C@@H]1OBO[C@H]1C(=O)O. The molecular weight excluding hydrogens is 155 g/mol. The van der Waals surface area contributed by atoms with Gasteiger partial charge >= 0.3 is 19.6 Å². The Bertz CT molecular complexity index is 171. The number of carbonyl (C=O) groups is 2. The third-order valence-corrected chi connectivity index (χ3v) is 1.26. The van der Waals surface area contributed by atoms with Crippen molar-refractivity contribution in [2.24, 2.45) is 0 Å². The van der Waals surface area contributed by atoms with Gasteiger partial charge in [-0.2, -0.15) is 0 Å². The van der Waals surface area contributed by atoms with Crippen LogP contribution in [0.25, 0.3) is 0 Å². The van der Waals surface area contributed by atoms with E-state index >= 15 is 0 Å². The zero-order valence-corrected chi connectivity index (χ0v) is 5.39. The number of aliphatic carboxylic acids is 2. The van der Waals surface area contributed by atoms with E-state index in [1.807, 2.05) is 0 Å². The lowest BCUT2D eigenvalue weighted by Gasteiger charge is -2.08. The fraction of sp³-hybridized carbons (Fsp3) is 0.500. The molecule has 1 aliphatic heterocycles. The Kier molecular flexibility index (Phi) is 2.11. The highest BCUT2D eigenvalue weighted by molar-refractivity contribution is 6.21. The van der Waals surface area contributed by atoms with Crippen molar-refractivity contribution in [3.8, 4) is 0 Å². The van der Waals surface area contributed by atoms with Gasteiger partial charge in [0.05, 0.1) is 0 Å². The Labute approximate surface area is 62.0 Å². The Morgan fingerprint density at radius 2 is 1.45 bits per heavy atom. The van der Waals surface area contributed by atoms with E-state index in [9.17, 15) is 9.59 Å². The van der Waals surface area contributed by atoms with Gasteiger partial charge in [-0.15, -0.1) is 0 Å². The van der Waals surface area contributed by atoms with Crippen LogP contribution in [0.1, 0.15) is 0 Å². The number of hydrogen-bond acceptors (Lipinski definition) is 4. The normalized spacial score (nSPS) is 29.5. The van der Waals surface area contributed by atoms with Gasteiger partial charge in [0.25, 0.3) is 0 Å². The highest BCUT2D eigenvalue weighted by Gasteiger charge is 2.40. The molecule has 2 atom stereocenters. The molecule has 0 saturated carbocycles. The summed E-state index contributed by atoms with van der Waals surface area (Å²) in [5.41, 5.74) is 0. The van der Waals surface area contributed by atoms with Gasteiger partial charge in [0.1, 0.15) is 0 Å². The zero-order valence-electron chi connectivity index (χ0n) is 5.39. The summed E-state index contributed by atoms with van der Waals surface area (Å²) in [5.74, 6) is -2.65. The van der Waals surface area contributed by atoms with Crippen LogP contribution in [0.15, 0.2) is 0 Å². The molecule has 0 spiro atoms. The standard InChI is InChI=1S/C4H5BO6/c6-3(7)1-2(4(8)9)11-5-10-1/h1-2,5H,(H,6,7)(H,8,9)/t1-,2-/m1/s1. The summed E-state index contributed by atoms with van der Waals surface area (Å²) in [5, 5.41) is 16.7. The van der Waals surface area contributed by atoms with Gasteiger partial charge in [0.15, 0.2) is 12.2 Å². The first-order chi connectivity index (χ1) is 5.13. The molecule has 0 radical (unpaired) electrons. The van der Waals surface area contributed by atoms with Crippen LogP contribution < -0.4 is 0 Å². The topological polar surface area (TPSA) is 93.1 Å². The minimum Gasteiger partial charge on any atom is -0.479 e. The lowest BCUT2D eigenvalue weighted by Crippen LogP contribution is -2.36. The largest absolute Gasteiger partial charge is 0.479 e. The fourth-order valence-corrected chi connectivity index (χ4v) is 0.762. The fourth-order valence-electron chi connectivity index (χ4n) is 0.762. The second kappa shape index (κ2) is 2.89. The molecule has 1 rings (SSSR count). The molecule has 0 unspecified atom stereocenters. The molecule has 2 N–H and O–H groups in total. The van der Waals surface area contributed by atoms with Crippen molar-refractivity contribution < 1.29 is 29.1 Å². The molecule has 0 amide bonds. The van der Waals surface area contributed by atoms with E-state index in [-0.39, 0.29) is 7.69 Å². The maximum Gasteiger partial charge on any atom is 0.439 e. The second-order valence-corrected chi connectivity index (χ2v) is 1.97. The van der Waals surface area contributed by atoms with E-state index in [0.29, 0.717) is 0 Å². The Morgan fingerprint density at radius 1 is 1.09 bits per heavy atom. The summed E-state index contributed by atoms with van der Waals surface area (Å²) < 4.78 is 8.97. The smallest absolute Gasteiger partial charge is 0.439 e. The predicted octanol–water partition coefficient (Wildman–Crippen LogP) is -1.79. The molecule has 1 aliphatic rings. The van der Waals surface area contributed by atoms with Crippen LogP contribution in [0, 0.1) is 0 Å². The van der Waals surface area contributed by atoms with Gasteiger partial charge in [-0.25, -0.2) is 9.59 Å². The Hall–Kier alpha value is -1.08. The quantitative estimate of drug-likeness (QED) is 0.463. The summed E-state index contributed by atoms with van der Waals surface area (Å²) in [6, 6.07) is 0. The van der Waals surface area contributed by atoms with Crippen molar-refractivity contribution in [2.75, 3.05) is 0 Å². The maximum atomic E-state index is 10.2. The highest BCUT2D eigenvalue weighted by atomic mass is 16.7. The van der Waals surface area contributed by atoms with Crippen LogP contribution in [-0.4, -0.2) is 42.0 Å².